The maximum Gasteiger partial charge on any atom is 0.122 e. The van der Waals surface area contributed by atoms with E-state index in [-0.39, 0.29) is 6.04 Å². The van der Waals surface area contributed by atoms with Crippen LogP contribution in [-0.2, 0) is 6.42 Å². The van der Waals surface area contributed by atoms with Crippen LogP contribution in [0.25, 0.3) is 0 Å². The van der Waals surface area contributed by atoms with Gasteiger partial charge >= 0.3 is 0 Å². The highest BCUT2D eigenvalue weighted by Crippen LogP contribution is 2.25. The Morgan fingerprint density at radius 2 is 1.90 bits per heavy atom. The van der Waals surface area contributed by atoms with Crippen LogP contribution in [0.5, 0.6) is 5.75 Å². The molecule has 2 nitrogen and oxygen atoms in total. The van der Waals surface area contributed by atoms with Crippen LogP contribution in [0.4, 0.5) is 0 Å². The van der Waals surface area contributed by atoms with Gasteiger partial charge in [0.1, 0.15) is 5.75 Å². The number of benzene rings is 2. The van der Waals surface area contributed by atoms with Crippen molar-refractivity contribution in [3.63, 3.8) is 0 Å². The van der Waals surface area contributed by atoms with E-state index in [0.717, 1.165) is 28.0 Å². The van der Waals surface area contributed by atoms with Crippen LogP contribution in [-0.4, -0.2) is 18.9 Å². The number of hydrogen-bond acceptors (Lipinski definition) is 3. The summed E-state index contributed by atoms with van der Waals surface area (Å²) in [6, 6.07) is 14.7. The van der Waals surface area contributed by atoms with Crippen LogP contribution in [0.3, 0.4) is 0 Å². The molecule has 0 radical (unpaired) electrons. The number of ether oxygens (including phenoxy) is 1. The van der Waals surface area contributed by atoms with E-state index in [1.54, 1.807) is 18.9 Å². The number of thioether (sulfide) groups is 1. The number of aryl methyl sites for hydroxylation is 1. The molecule has 0 bridgehead atoms. The Morgan fingerprint density at radius 3 is 2.57 bits per heavy atom. The van der Waals surface area contributed by atoms with E-state index in [0.29, 0.717) is 0 Å². The molecule has 0 aromatic heterocycles. The summed E-state index contributed by atoms with van der Waals surface area (Å²) in [6.45, 7) is 2.10. The fraction of sp³-hybridized carbons (Fsp3) is 0.294. The van der Waals surface area contributed by atoms with E-state index < -0.39 is 0 Å². The Morgan fingerprint density at radius 1 is 1.19 bits per heavy atom. The molecule has 2 rings (SSSR count). The van der Waals surface area contributed by atoms with Crippen molar-refractivity contribution in [2.24, 2.45) is 5.73 Å². The van der Waals surface area contributed by atoms with Gasteiger partial charge < -0.3 is 10.5 Å². The maximum atomic E-state index is 6.27. The molecule has 0 spiro atoms. The molecule has 4 heteroatoms. The second-order valence-electron chi connectivity index (χ2n) is 5.04. The fourth-order valence-corrected chi connectivity index (χ4v) is 3.35. The summed E-state index contributed by atoms with van der Waals surface area (Å²) in [5, 5.41) is 0. The molecule has 0 aliphatic rings. The molecule has 0 amide bonds. The molecule has 0 heterocycles. The Balaban J connectivity index is 1.94. The van der Waals surface area contributed by atoms with Crippen molar-refractivity contribution in [3.8, 4) is 5.75 Å². The number of hydrogen-bond donors (Lipinski definition) is 1. The van der Waals surface area contributed by atoms with Gasteiger partial charge in [-0.2, -0.15) is 0 Å². The van der Waals surface area contributed by atoms with Crippen molar-refractivity contribution in [2.45, 2.75) is 24.3 Å². The lowest BCUT2D eigenvalue weighted by Gasteiger charge is -2.14. The lowest BCUT2D eigenvalue weighted by Crippen LogP contribution is -2.25. The average Bonchev–Trinajstić information content (AvgIpc) is 2.47. The lowest BCUT2D eigenvalue weighted by atomic mass is 10.1. The van der Waals surface area contributed by atoms with Crippen LogP contribution in [0.1, 0.15) is 11.1 Å². The highest BCUT2D eigenvalue weighted by atomic mass is 79.9. The lowest BCUT2D eigenvalue weighted by molar-refractivity contribution is 0.408. The Kier molecular flexibility index (Phi) is 6.15. The van der Waals surface area contributed by atoms with Gasteiger partial charge in [-0.1, -0.05) is 33.6 Å². The second kappa shape index (κ2) is 7.87. The maximum absolute atomic E-state index is 6.27. The van der Waals surface area contributed by atoms with E-state index in [9.17, 15) is 0 Å². The second-order valence-corrected chi connectivity index (χ2v) is 7.05. The van der Waals surface area contributed by atoms with E-state index >= 15 is 0 Å². The molecule has 0 aliphatic heterocycles. The predicted octanol–water partition coefficient (Wildman–Crippen LogP) is 4.43. The third-order valence-corrected chi connectivity index (χ3v) is 4.90. The molecular formula is C17H20BrNOS. The third kappa shape index (κ3) is 5.06. The first-order valence-electron chi connectivity index (χ1n) is 6.86. The summed E-state index contributed by atoms with van der Waals surface area (Å²) in [5.74, 6) is 1.78. The van der Waals surface area contributed by atoms with Crippen LogP contribution in [0.2, 0.25) is 0 Å². The minimum Gasteiger partial charge on any atom is -0.496 e. The summed E-state index contributed by atoms with van der Waals surface area (Å²) in [5.41, 5.74) is 8.69. The largest absolute Gasteiger partial charge is 0.496 e. The molecule has 2 aromatic carbocycles. The number of nitrogens with two attached hydrogens (primary N) is 1. The van der Waals surface area contributed by atoms with Gasteiger partial charge in [0.05, 0.1) is 7.11 Å². The standard InChI is InChI=1S/C17H20BrNOS/c1-12-3-6-16(7-4-12)21-11-15(19)10-13-9-14(18)5-8-17(13)20-2/h3-9,15H,10-11,19H2,1-2H3. The number of methoxy groups -OCH3 is 1. The van der Waals surface area contributed by atoms with Crippen LogP contribution in [0.15, 0.2) is 51.8 Å². The van der Waals surface area contributed by atoms with Crippen LogP contribution < -0.4 is 10.5 Å². The van der Waals surface area contributed by atoms with Gasteiger partial charge in [-0.05, 0) is 49.2 Å². The van der Waals surface area contributed by atoms with Crippen LogP contribution >= 0.6 is 27.7 Å². The predicted molar refractivity (Wildman–Crippen MR) is 94.3 cm³/mol. The van der Waals surface area contributed by atoms with E-state index in [2.05, 4.69) is 53.2 Å². The number of rotatable bonds is 6. The molecule has 112 valence electrons. The van der Waals surface area contributed by atoms with Crippen molar-refractivity contribution >= 4 is 27.7 Å². The fourth-order valence-electron chi connectivity index (χ4n) is 2.09. The monoisotopic (exact) mass is 365 g/mol. The van der Waals surface area contributed by atoms with Gasteiger partial charge in [-0.15, -0.1) is 11.8 Å². The molecular weight excluding hydrogens is 346 g/mol. The minimum atomic E-state index is 0.0968. The average molecular weight is 366 g/mol. The van der Waals surface area contributed by atoms with Crippen molar-refractivity contribution in [3.05, 3.63) is 58.1 Å². The summed E-state index contributed by atoms with van der Waals surface area (Å²) in [7, 11) is 1.69. The first kappa shape index (κ1) is 16.4. The van der Waals surface area contributed by atoms with E-state index in [1.165, 1.54) is 10.5 Å². The van der Waals surface area contributed by atoms with Gasteiger partial charge in [-0.3, -0.25) is 0 Å². The summed E-state index contributed by atoms with van der Waals surface area (Å²) < 4.78 is 6.45. The van der Waals surface area contributed by atoms with Gasteiger partial charge in [0.2, 0.25) is 0 Å². The molecule has 2 N–H and O–H groups in total. The first-order chi connectivity index (χ1) is 10.1. The quantitative estimate of drug-likeness (QED) is 0.769. The van der Waals surface area contributed by atoms with Crippen LogP contribution in [0, 0.1) is 6.92 Å². The highest BCUT2D eigenvalue weighted by molar-refractivity contribution is 9.10. The number of halogens is 1. The molecule has 1 unspecified atom stereocenters. The van der Waals surface area contributed by atoms with Gasteiger partial charge in [0.15, 0.2) is 0 Å². The summed E-state index contributed by atoms with van der Waals surface area (Å²) in [6.07, 6.45) is 0.807. The normalized spacial score (nSPS) is 12.2. The summed E-state index contributed by atoms with van der Waals surface area (Å²) >= 11 is 5.29. The zero-order valence-corrected chi connectivity index (χ0v) is 14.7. The zero-order chi connectivity index (χ0) is 15.2. The Hall–Kier alpha value is -0.970. The zero-order valence-electron chi connectivity index (χ0n) is 12.3. The molecule has 0 fully saturated rings. The van der Waals surface area contributed by atoms with Gasteiger partial charge in [-0.25, -0.2) is 0 Å². The highest BCUT2D eigenvalue weighted by Gasteiger charge is 2.10. The molecule has 0 saturated carbocycles. The Labute approximate surface area is 139 Å². The minimum absolute atomic E-state index is 0.0968. The smallest absolute Gasteiger partial charge is 0.122 e. The molecule has 2 aromatic rings. The van der Waals surface area contributed by atoms with Gasteiger partial charge in [0.25, 0.3) is 0 Å². The molecule has 0 saturated heterocycles. The van der Waals surface area contributed by atoms with E-state index in [4.69, 9.17) is 10.5 Å². The SMILES string of the molecule is COc1ccc(Br)cc1CC(N)CSc1ccc(C)cc1. The van der Waals surface area contributed by atoms with Crippen molar-refractivity contribution < 1.29 is 4.74 Å². The topological polar surface area (TPSA) is 35.2 Å². The van der Waals surface area contributed by atoms with Crippen molar-refractivity contribution in [2.75, 3.05) is 12.9 Å². The molecule has 1 atom stereocenters. The molecule has 0 aliphatic carbocycles. The van der Waals surface area contributed by atoms with Crippen molar-refractivity contribution in [1.82, 2.24) is 0 Å². The Bertz CT molecular complexity index is 586. The summed E-state index contributed by atoms with van der Waals surface area (Å²) in [4.78, 5) is 1.26. The third-order valence-electron chi connectivity index (χ3n) is 3.21. The van der Waals surface area contributed by atoms with Crippen molar-refractivity contribution in [1.29, 1.82) is 0 Å². The van der Waals surface area contributed by atoms with Gasteiger partial charge in [0, 0.05) is 21.2 Å². The van der Waals surface area contributed by atoms with E-state index in [1.807, 2.05) is 12.1 Å². The molecule has 21 heavy (non-hydrogen) atoms. The first-order valence-corrected chi connectivity index (χ1v) is 8.64.